The Balaban J connectivity index is 2.40. The molecule has 0 fully saturated rings. The highest BCUT2D eigenvalue weighted by atomic mass is 32.2. The molecule has 0 bridgehead atoms. The molecule has 23 heavy (non-hydrogen) atoms. The van der Waals surface area contributed by atoms with Crippen LogP contribution in [-0.4, -0.2) is 25.5 Å². The van der Waals surface area contributed by atoms with Crippen molar-refractivity contribution < 1.29 is 18.1 Å². The fourth-order valence-electron chi connectivity index (χ4n) is 1.98. The van der Waals surface area contributed by atoms with Gasteiger partial charge in [0.15, 0.2) is 9.84 Å². The first-order valence-corrected chi connectivity index (χ1v) is 8.45. The lowest BCUT2D eigenvalue weighted by atomic mass is 10.1. The predicted octanol–water partition coefficient (Wildman–Crippen LogP) is 2.56. The molecule has 8 heteroatoms. The Morgan fingerprint density at radius 1 is 1.17 bits per heavy atom. The quantitative estimate of drug-likeness (QED) is 0.683. The molecule has 1 N–H and O–H groups in total. The van der Waals surface area contributed by atoms with Crippen LogP contribution in [0.25, 0.3) is 0 Å². The molecule has 0 atom stereocenters. The van der Waals surface area contributed by atoms with Crippen molar-refractivity contribution >= 4 is 27.1 Å². The van der Waals surface area contributed by atoms with Crippen LogP contribution in [0.15, 0.2) is 47.4 Å². The molecule has 0 aromatic heterocycles. The molecular formula is C15H14N2O5S. The number of hydrogen-bond acceptors (Lipinski definition) is 5. The van der Waals surface area contributed by atoms with E-state index < -0.39 is 20.7 Å². The van der Waals surface area contributed by atoms with Gasteiger partial charge in [0.05, 0.1) is 9.82 Å². The first kappa shape index (κ1) is 16.6. The number of nitrogens with zero attached hydrogens (tertiary/aromatic N) is 1. The van der Waals surface area contributed by atoms with Crippen LogP contribution in [0.4, 0.5) is 11.4 Å². The summed E-state index contributed by atoms with van der Waals surface area (Å²) in [5.41, 5.74) is 0.518. The van der Waals surface area contributed by atoms with Crippen LogP contribution in [0, 0.1) is 17.0 Å². The highest BCUT2D eigenvalue weighted by Gasteiger charge is 2.20. The minimum atomic E-state index is -3.42. The van der Waals surface area contributed by atoms with Crippen LogP contribution in [0.2, 0.25) is 0 Å². The maximum atomic E-state index is 12.3. The Kier molecular flexibility index (Phi) is 4.46. The molecule has 0 radical (unpaired) electrons. The van der Waals surface area contributed by atoms with Crippen LogP contribution >= 0.6 is 0 Å². The second-order valence-electron chi connectivity index (χ2n) is 4.98. The van der Waals surface area contributed by atoms with Crippen LogP contribution in [0.3, 0.4) is 0 Å². The van der Waals surface area contributed by atoms with Crippen molar-refractivity contribution in [1.82, 2.24) is 0 Å². The van der Waals surface area contributed by atoms with Gasteiger partial charge in [-0.15, -0.1) is 0 Å². The Morgan fingerprint density at radius 3 is 2.43 bits per heavy atom. The van der Waals surface area contributed by atoms with Crippen LogP contribution in [0.5, 0.6) is 0 Å². The summed E-state index contributed by atoms with van der Waals surface area (Å²) in [4.78, 5) is 22.7. The summed E-state index contributed by atoms with van der Waals surface area (Å²) in [5, 5.41) is 13.5. The summed E-state index contributed by atoms with van der Waals surface area (Å²) < 4.78 is 23.2. The maximum absolute atomic E-state index is 12.3. The average molecular weight is 334 g/mol. The highest BCUT2D eigenvalue weighted by Crippen LogP contribution is 2.23. The number of carbonyl (C=O) groups excluding carboxylic acids is 1. The van der Waals surface area contributed by atoms with Gasteiger partial charge in [-0.2, -0.15) is 0 Å². The SMILES string of the molecule is Cc1ccc(S(C)(=O)=O)cc1NC(=O)c1ccccc1[N+](=O)[O-]. The standard InChI is InChI=1S/C15H14N2O5S/c1-10-7-8-11(23(2,21)22)9-13(10)16-15(18)12-5-3-4-6-14(12)17(19)20/h3-9H,1-2H3,(H,16,18). The molecule has 0 aliphatic rings. The molecule has 2 rings (SSSR count). The minimum Gasteiger partial charge on any atom is -0.321 e. The first-order chi connectivity index (χ1) is 10.7. The molecule has 0 saturated heterocycles. The van der Waals surface area contributed by atoms with Gasteiger partial charge >= 0.3 is 0 Å². The minimum absolute atomic E-state index is 0.0564. The van der Waals surface area contributed by atoms with Crippen LogP contribution in [-0.2, 0) is 9.84 Å². The molecule has 0 spiro atoms. The summed E-state index contributed by atoms with van der Waals surface area (Å²) in [7, 11) is -3.42. The Bertz CT molecular complexity index is 890. The number of nitrogens with one attached hydrogen (secondary N) is 1. The summed E-state index contributed by atoms with van der Waals surface area (Å²) in [5.74, 6) is -0.675. The van der Waals surface area contributed by atoms with E-state index in [-0.39, 0.29) is 21.8 Å². The number of sulfone groups is 1. The third-order valence-corrected chi connectivity index (χ3v) is 4.34. The largest absolute Gasteiger partial charge is 0.321 e. The van der Waals surface area contributed by atoms with Crippen molar-refractivity contribution in [3.8, 4) is 0 Å². The summed E-state index contributed by atoms with van der Waals surface area (Å²) in [6.45, 7) is 1.70. The van der Waals surface area contributed by atoms with Gasteiger partial charge in [0.1, 0.15) is 5.56 Å². The van der Waals surface area contributed by atoms with Gasteiger partial charge in [-0.05, 0) is 30.7 Å². The van der Waals surface area contributed by atoms with Crippen molar-refractivity contribution in [3.05, 3.63) is 63.7 Å². The Hall–Kier alpha value is -2.74. The normalized spacial score (nSPS) is 11.0. The van der Waals surface area contributed by atoms with Crippen molar-refractivity contribution in [1.29, 1.82) is 0 Å². The first-order valence-electron chi connectivity index (χ1n) is 6.55. The van der Waals surface area contributed by atoms with E-state index in [9.17, 15) is 23.3 Å². The lowest BCUT2D eigenvalue weighted by molar-refractivity contribution is -0.385. The lowest BCUT2D eigenvalue weighted by Crippen LogP contribution is -2.15. The second kappa shape index (κ2) is 6.17. The van der Waals surface area contributed by atoms with Gasteiger partial charge in [-0.25, -0.2) is 8.42 Å². The van der Waals surface area contributed by atoms with E-state index >= 15 is 0 Å². The molecule has 120 valence electrons. The van der Waals surface area contributed by atoms with E-state index in [1.54, 1.807) is 13.0 Å². The van der Waals surface area contributed by atoms with Gasteiger partial charge < -0.3 is 5.32 Å². The topological polar surface area (TPSA) is 106 Å². The molecule has 0 saturated carbocycles. The molecule has 0 heterocycles. The lowest BCUT2D eigenvalue weighted by Gasteiger charge is -2.10. The van der Waals surface area contributed by atoms with E-state index in [4.69, 9.17) is 0 Å². The third-order valence-electron chi connectivity index (χ3n) is 3.23. The van der Waals surface area contributed by atoms with Gasteiger partial charge in [0.2, 0.25) is 0 Å². The number of aryl methyl sites for hydroxylation is 1. The summed E-state index contributed by atoms with van der Waals surface area (Å²) in [6, 6.07) is 9.87. The van der Waals surface area contributed by atoms with E-state index in [2.05, 4.69) is 5.32 Å². The number of anilines is 1. The fourth-order valence-corrected chi connectivity index (χ4v) is 2.63. The predicted molar refractivity (Wildman–Crippen MR) is 85.3 cm³/mol. The molecule has 0 aliphatic carbocycles. The maximum Gasteiger partial charge on any atom is 0.282 e. The number of para-hydroxylation sites is 1. The van der Waals surface area contributed by atoms with E-state index in [1.807, 2.05) is 0 Å². The molecular weight excluding hydrogens is 320 g/mol. The zero-order valence-corrected chi connectivity index (χ0v) is 13.3. The zero-order valence-electron chi connectivity index (χ0n) is 12.4. The molecule has 0 aliphatic heterocycles. The zero-order chi connectivity index (χ0) is 17.2. The number of amides is 1. The summed E-state index contributed by atoms with van der Waals surface area (Å²) >= 11 is 0. The number of carbonyl (C=O) groups is 1. The van der Waals surface area contributed by atoms with Crippen molar-refractivity contribution in [2.24, 2.45) is 0 Å². The monoisotopic (exact) mass is 334 g/mol. The van der Waals surface area contributed by atoms with Gasteiger partial charge in [-0.1, -0.05) is 18.2 Å². The summed E-state index contributed by atoms with van der Waals surface area (Å²) in [6.07, 6.45) is 1.06. The van der Waals surface area contributed by atoms with Crippen molar-refractivity contribution in [3.63, 3.8) is 0 Å². The number of benzene rings is 2. The highest BCUT2D eigenvalue weighted by molar-refractivity contribution is 7.90. The van der Waals surface area contributed by atoms with Crippen LogP contribution < -0.4 is 5.32 Å². The smallest absolute Gasteiger partial charge is 0.282 e. The molecule has 1 amide bonds. The fraction of sp³-hybridized carbons (Fsp3) is 0.133. The van der Waals surface area contributed by atoms with Gasteiger partial charge in [0, 0.05) is 18.0 Å². The molecule has 2 aromatic carbocycles. The van der Waals surface area contributed by atoms with Crippen molar-refractivity contribution in [2.45, 2.75) is 11.8 Å². The number of hydrogen-bond donors (Lipinski definition) is 1. The van der Waals surface area contributed by atoms with Gasteiger partial charge in [-0.3, -0.25) is 14.9 Å². The van der Waals surface area contributed by atoms with Gasteiger partial charge in [0.25, 0.3) is 11.6 Å². The van der Waals surface area contributed by atoms with E-state index in [0.717, 1.165) is 6.26 Å². The Morgan fingerprint density at radius 2 is 1.83 bits per heavy atom. The number of rotatable bonds is 4. The molecule has 0 unspecified atom stereocenters. The van der Waals surface area contributed by atoms with Crippen LogP contribution in [0.1, 0.15) is 15.9 Å². The number of nitro benzene ring substituents is 1. The molecule has 7 nitrogen and oxygen atoms in total. The van der Waals surface area contributed by atoms with Crippen molar-refractivity contribution in [2.75, 3.05) is 11.6 Å². The average Bonchev–Trinajstić information content (AvgIpc) is 2.48. The Labute approximate surface area is 133 Å². The molecule has 2 aromatic rings. The van der Waals surface area contributed by atoms with E-state index in [0.29, 0.717) is 5.56 Å². The third kappa shape index (κ3) is 3.72. The number of nitro groups is 1. The van der Waals surface area contributed by atoms with E-state index in [1.165, 1.54) is 36.4 Å². The second-order valence-corrected chi connectivity index (χ2v) is 6.99.